The Morgan fingerprint density at radius 3 is 2.85 bits per heavy atom. The highest BCUT2D eigenvalue weighted by Gasteiger charge is 2.61. The molecule has 0 amide bonds. The van der Waals surface area contributed by atoms with Crippen molar-refractivity contribution in [3.63, 3.8) is 0 Å². The fourth-order valence-corrected chi connectivity index (χ4v) is 5.39. The van der Waals surface area contributed by atoms with Crippen LogP contribution >= 0.6 is 0 Å². The van der Waals surface area contributed by atoms with Gasteiger partial charge in [0.15, 0.2) is 0 Å². The molecule has 1 aliphatic heterocycles. The molecule has 2 aliphatic carbocycles. The molecule has 3 rings (SSSR count). The molecule has 0 aromatic heterocycles. The lowest BCUT2D eigenvalue weighted by Crippen LogP contribution is -2.53. The summed E-state index contributed by atoms with van der Waals surface area (Å²) in [5.41, 5.74) is 0.274. The van der Waals surface area contributed by atoms with Crippen LogP contribution in [0.2, 0.25) is 0 Å². The van der Waals surface area contributed by atoms with Crippen LogP contribution < -0.4 is 0 Å². The normalized spacial score (nSPS) is 39.5. The molecule has 2 fully saturated rings. The van der Waals surface area contributed by atoms with Gasteiger partial charge in [0.2, 0.25) is 0 Å². The van der Waals surface area contributed by atoms with Crippen LogP contribution in [-0.4, -0.2) is 41.1 Å². The SMILES string of the molecule is CC1CCC23COC(=O)C2=CC(O)CC3C1(C)CCC(C=O)=CC(=O)O. The monoisotopic (exact) mass is 362 g/mol. The highest BCUT2D eigenvalue weighted by Crippen LogP contribution is 2.63. The zero-order valence-electron chi connectivity index (χ0n) is 15.2. The van der Waals surface area contributed by atoms with E-state index in [2.05, 4.69) is 13.8 Å². The third-order valence-electron chi connectivity index (χ3n) is 7.08. The molecule has 3 aliphatic rings. The van der Waals surface area contributed by atoms with Crippen molar-refractivity contribution in [1.29, 1.82) is 0 Å². The summed E-state index contributed by atoms with van der Waals surface area (Å²) in [5.74, 6) is -1.07. The van der Waals surface area contributed by atoms with Gasteiger partial charge in [-0.05, 0) is 61.0 Å². The second-order valence-corrected chi connectivity index (χ2v) is 8.29. The van der Waals surface area contributed by atoms with E-state index >= 15 is 0 Å². The Bertz CT molecular complexity index is 692. The van der Waals surface area contributed by atoms with Gasteiger partial charge in [-0.2, -0.15) is 0 Å². The molecule has 6 heteroatoms. The van der Waals surface area contributed by atoms with Gasteiger partial charge in [0.25, 0.3) is 0 Å². The van der Waals surface area contributed by atoms with Crippen molar-refractivity contribution in [2.45, 2.75) is 52.1 Å². The maximum Gasteiger partial charge on any atom is 0.334 e. The third-order valence-corrected chi connectivity index (χ3v) is 7.08. The summed E-state index contributed by atoms with van der Waals surface area (Å²) >= 11 is 0. The van der Waals surface area contributed by atoms with Crippen LogP contribution in [0.3, 0.4) is 0 Å². The molecule has 5 atom stereocenters. The summed E-state index contributed by atoms with van der Waals surface area (Å²) in [5, 5.41) is 19.3. The summed E-state index contributed by atoms with van der Waals surface area (Å²) in [7, 11) is 0. The van der Waals surface area contributed by atoms with E-state index in [9.17, 15) is 19.5 Å². The number of carbonyl (C=O) groups excluding carboxylic acids is 2. The number of aliphatic carboxylic acids is 1. The van der Waals surface area contributed by atoms with Crippen molar-refractivity contribution >= 4 is 18.2 Å². The molecule has 0 aromatic rings. The number of hydrogen-bond donors (Lipinski definition) is 2. The molecule has 1 saturated carbocycles. The quantitative estimate of drug-likeness (QED) is 0.442. The van der Waals surface area contributed by atoms with Gasteiger partial charge in [0, 0.05) is 17.1 Å². The minimum atomic E-state index is -1.13. The van der Waals surface area contributed by atoms with E-state index in [1.807, 2.05) is 0 Å². The third kappa shape index (κ3) is 2.90. The summed E-state index contributed by atoms with van der Waals surface area (Å²) in [6, 6.07) is 0. The number of cyclic esters (lactones) is 1. The maximum absolute atomic E-state index is 12.2. The zero-order valence-corrected chi connectivity index (χ0v) is 15.2. The molecule has 1 spiro atoms. The molecule has 2 N–H and O–H groups in total. The first-order chi connectivity index (χ1) is 12.2. The Kier molecular flexibility index (Phi) is 4.82. The number of rotatable bonds is 5. The second kappa shape index (κ2) is 6.65. The Labute approximate surface area is 152 Å². The minimum Gasteiger partial charge on any atom is -0.478 e. The molecular formula is C20H26O6. The van der Waals surface area contributed by atoms with E-state index in [1.54, 1.807) is 6.08 Å². The molecule has 142 valence electrons. The molecule has 6 nitrogen and oxygen atoms in total. The average Bonchev–Trinajstić information content (AvgIpc) is 2.91. The number of hydrogen-bond acceptors (Lipinski definition) is 5. The van der Waals surface area contributed by atoms with Crippen LogP contribution in [0.15, 0.2) is 23.3 Å². The zero-order chi connectivity index (χ0) is 19.1. The van der Waals surface area contributed by atoms with Crippen molar-refractivity contribution in [3.05, 3.63) is 23.3 Å². The summed E-state index contributed by atoms with van der Waals surface area (Å²) in [6.07, 6.45) is 5.87. The van der Waals surface area contributed by atoms with Crippen molar-refractivity contribution in [2.75, 3.05) is 6.61 Å². The fourth-order valence-electron chi connectivity index (χ4n) is 5.39. The first-order valence-corrected chi connectivity index (χ1v) is 9.19. The minimum absolute atomic E-state index is 0.0536. The molecule has 0 radical (unpaired) electrons. The van der Waals surface area contributed by atoms with Crippen LogP contribution in [0.4, 0.5) is 0 Å². The van der Waals surface area contributed by atoms with E-state index in [0.717, 1.165) is 18.9 Å². The van der Waals surface area contributed by atoms with E-state index in [-0.39, 0.29) is 28.3 Å². The van der Waals surface area contributed by atoms with Gasteiger partial charge in [0.05, 0.1) is 6.10 Å². The number of carboxylic acids is 1. The number of allylic oxidation sites excluding steroid dienone is 1. The first-order valence-electron chi connectivity index (χ1n) is 9.19. The van der Waals surface area contributed by atoms with E-state index < -0.39 is 12.1 Å². The van der Waals surface area contributed by atoms with Gasteiger partial charge >= 0.3 is 11.9 Å². The van der Waals surface area contributed by atoms with Gasteiger partial charge < -0.3 is 14.9 Å². The van der Waals surface area contributed by atoms with Crippen LogP contribution in [0, 0.1) is 22.7 Å². The van der Waals surface area contributed by atoms with Crippen LogP contribution in [0.25, 0.3) is 0 Å². The molecule has 1 heterocycles. The van der Waals surface area contributed by atoms with Crippen LogP contribution in [0.5, 0.6) is 0 Å². The highest BCUT2D eigenvalue weighted by molar-refractivity contribution is 5.93. The van der Waals surface area contributed by atoms with E-state index in [1.165, 1.54) is 0 Å². The molecular weight excluding hydrogens is 336 g/mol. The van der Waals surface area contributed by atoms with Crippen molar-refractivity contribution < 1.29 is 29.3 Å². The second-order valence-electron chi connectivity index (χ2n) is 8.29. The Morgan fingerprint density at radius 2 is 2.19 bits per heavy atom. The standard InChI is InChI=1S/C20H26O6/c1-12-3-6-20-11-26-18(25)15(20)8-14(22)9-16(20)19(12,2)5-4-13(10-21)7-17(23)24/h7-8,10,12,14,16,22H,3-6,9,11H2,1-2H3,(H,23,24). The summed E-state index contributed by atoms with van der Waals surface area (Å²) in [6.45, 7) is 4.66. The molecule has 0 bridgehead atoms. The summed E-state index contributed by atoms with van der Waals surface area (Å²) in [4.78, 5) is 34.3. The Hall–Kier alpha value is -1.95. The smallest absolute Gasteiger partial charge is 0.334 e. The molecule has 5 unspecified atom stereocenters. The number of aldehydes is 1. The number of carboxylic acid groups (broad SMARTS) is 1. The maximum atomic E-state index is 12.2. The molecule has 26 heavy (non-hydrogen) atoms. The van der Waals surface area contributed by atoms with Crippen LogP contribution in [0.1, 0.15) is 46.0 Å². The average molecular weight is 362 g/mol. The first kappa shape index (κ1) is 18.8. The van der Waals surface area contributed by atoms with Crippen LogP contribution in [-0.2, 0) is 19.1 Å². The fraction of sp³-hybridized carbons (Fsp3) is 0.650. The highest BCUT2D eigenvalue weighted by atomic mass is 16.5. The lowest BCUT2D eigenvalue weighted by atomic mass is 9.46. The lowest BCUT2D eigenvalue weighted by Gasteiger charge is -2.57. The predicted molar refractivity (Wildman–Crippen MR) is 93.1 cm³/mol. The lowest BCUT2D eigenvalue weighted by molar-refractivity contribution is -0.135. The van der Waals surface area contributed by atoms with Crippen molar-refractivity contribution in [2.24, 2.45) is 22.7 Å². The molecule has 1 saturated heterocycles. The van der Waals surface area contributed by atoms with Crippen molar-refractivity contribution in [3.8, 4) is 0 Å². The number of aliphatic hydroxyl groups excluding tert-OH is 1. The topological polar surface area (TPSA) is 101 Å². The largest absolute Gasteiger partial charge is 0.478 e. The number of esters is 1. The van der Waals surface area contributed by atoms with Gasteiger partial charge in [-0.15, -0.1) is 0 Å². The van der Waals surface area contributed by atoms with Gasteiger partial charge in [-0.1, -0.05) is 13.8 Å². The number of ether oxygens (including phenoxy) is 1. The molecule has 0 aromatic carbocycles. The van der Waals surface area contributed by atoms with E-state index in [0.29, 0.717) is 43.6 Å². The van der Waals surface area contributed by atoms with Gasteiger partial charge in [0.1, 0.15) is 12.9 Å². The number of carbonyl (C=O) groups is 3. The van der Waals surface area contributed by atoms with E-state index in [4.69, 9.17) is 9.84 Å². The summed E-state index contributed by atoms with van der Waals surface area (Å²) < 4.78 is 5.37. The van der Waals surface area contributed by atoms with Gasteiger partial charge in [-0.25, -0.2) is 9.59 Å². The van der Waals surface area contributed by atoms with Gasteiger partial charge in [-0.3, -0.25) is 4.79 Å². The Balaban J connectivity index is 1.93. The predicted octanol–water partition coefficient (Wildman–Crippen LogP) is 2.26. The number of aliphatic hydroxyl groups is 1. The van der Waals surface area contributed by atoms with Crippen molar-refractivity contribution in [1.82, 2.24) is 0 Å². The Morgan fingerprint density at radius 1 is 1.46 bits per heavy atom.